The Morgan fingerprint density at radius 3 is 2.59 bits per heavy atom. The first-order valence-electron chi connectivity index (χ1n) is 4.50. The Bertz CT molecular complexity index is 419. The van der Waals surface area contributed by atoms with Crippen molar-refractivity contribution in [1.82, 2.24) is 4.98 Å². The SMILES string of the molecule is COC(N=C(N)c1cccc(N)n1)C(F)(F)F. The zero-order chi connectivity index (χ0) is 13.1. The molecule has 0 aliphatic rings. The Kier molecular flexibility index (Phi) is 3.89. The van der Waals surface area contributed by atoms with Gasteiger partial charge in [0.05, 0.1) is 0 Å². The largest absolute Gasteiger partial charge is 0.435 e. The average molecular weight is 248 g/mol. The third kappa shape index (κ3) is 3.59. The normalized spacial score (nSPS) is 14.7. The summed E-state index contributed by atoms with van der Waals surface area (Å²) in [7, 11) is 0.891. The van der Waals surface area contributed by atoms with Crippen molar-refractivity contribution in [2.75, 3.05) is 12.8 Å². The van der Waals surface area contributed by atoms with Crippen LogP contribution in [0.25, 0.3) is 0 Å². The summed E-state index contributed by atoms with van der Waals surface area (Å²) in [5.74, 6) is -0.247. The molecule has 0 radical (unpaired) electrons. The molecule has 1 aromatic heterocycles. The summed E-state index contributed by atoms with van der Waals surface area (Å²) in [6, 6.07) is 4.39. The number of methoxy groups -OCH3 is 1. The van der Waals surface area contributed by atoms with Crippen molar-refractivity contribution in [3.63, 3.8) is 0 Å². The molecule has 5 nitrogen and oxygen atoms in total. The highest BCUT2D eigenvalue weighted by atomic mass is 19.4. The Balaban J connectivity index is 2.99. The predicted octanol–water partition coefficient (Wildman–Crippen LogP) is 0.904. The van der Waals surface area contributed by atoms with Crippen LogP contribution >= 0.6 is 0 Å². The summed E-state index contributed by atoms with van der Waals surface area (Å²) < 4.78 is 41.2. The van der Waals surface area contributed by atoms with E-state index in [-0.39, 0.29) is 17.3 Å². The van der Waals surface area contributed by atoms with E-state index in [1.807, 2.05) is 0 Å². The molecule has 0 aromatic carbocycles. The molecule has 1 atom stereocenters. The molecular formula is C9H11F3N4O. The molecule has 0 fully saturated rings. The average Bonchev–Trinajstić information content (AvgIpc) is 2.23. The van der Waals surface area contributed by atoms with Gasteiger partial charge in [0, 0.05) is 7.11 Å². The molecule has 1 unspecified atom stereocenters. The summed E-state index contributed by atoms with van der Waals surface area (Å²) in [5, 5.41) is 0. The highest BCUT2D eigenvalue weighted by Gasteiger charge is 2.40. The van der Waals surface area contributed by atoms with E-state index in [9.17, 15) is 13.2 Å². The van der Waals surface area contributed by atoms with Crippen molar-refractivity contribution < 1.29 is 17.9 Å². The molecular weight excluding hydrogens is 237 g/mol. The van der Waals surface area contributed by atoms with Crippen LogP contribution in [0.3, 0.4) is 0 Å². The standard InChI is InChI=1S/C9H11F3N4O/c1-17-8(9(10,11)12)16-7(14)5-3-2-4-6(13)15-5/h2-4,8H,1H3,(H2,13,15)(H2,14,16). The van der Waals surface area contributed by atoms with Gasteiger partial charge in [-0.15, -0.1) is 0 Å². The van der Waals surface area contributed by atoms with Crippen LogP contribution < -0.4 is 11.5 Å². The zero-order valence-electron chi connectivity index (χ0n) is 8.90. The van der Waals surface area contributed by atoms with E-state index < -0.39 is 12.4 Å². The maximum atomic E-state index is 12.3. The van der Waals surface area contributed by atoms with Crippen LogP contribution in [0.1, 0.15) is 5.69 Å². The number of amidine groups is 1. The molecule has 94 valence electrons. The number of halogens is 3. The number of hydrogen-bond donors (Lipinski definition) is 2. The number of nitrogens with two attached hydrogens (primary N) is 2. The molecule has 0 saturated carbocycles. The summed E-state index contributed by atoms with van der Waals surface area (Å²) in [6.45, 7) is 0. The molecule has 1 aromatic rings. The van der Waals surface area contributed by atoms with Crippen LogP contribution in [0.2, 0.25) is 0 Å². The van der Waals surface area contributed by atoms with Crippen molar-refractivity contribution in [1.29, 1.82) is 0 Å². The van der Waals surface area contributed by atoms with Crippen molar-refractivity contribution in [3.05, 3.63) is 23.9 Å². The van der Waals surface area contributed by atoms with Crippen LogP contribution in [0.5, 0.6) is 0 Å². The van der Waals surface area contributed by atoms with E-state index in [1.54, 1.807) is 0 Å². The van der Waals surface area contributed by atoms with Gasteiger partial charge in [-0.05, 0) is 12.1 Å². The van der Waals surface area contributed by atoms with Gasteiger partial charge in [0.15, 0.2) is 0 Å². The van der Waals surface area contributed by atoms with Gasteiger partial charge in [-0.1, -0.05) is 6.07 Å². The smallest absolute Gasteiger partial charge is 0.384 e. The fourth-order valence-electron chi connectivity index (χ4n) is 1.05. The van der Waals surface area contributed by atoms with Crippen molar-refractivity contribution in [2.45, 2.75) is 12.4 Å². The van der Waals surface area contributed by atoms with Crippen molar-refractivity contribution in [2.24, 2.45) is 10.7 Å². The third-order valence-corrected chi connectivity index (χ3v) is 1.79. The highest BCUT2D eigenvalue weighted by molar-refractivity contribution is 5.96. The van der Waals surface area contributed by atoms with Crippen LogP contribution in [-0.4, -0.2) is 30.3 Å². The number of hydrogen-bond acceptors (Lipinski definition) is 4. The van der Waals surface area contributed by atoms with E-state index in [2.05, 4.69) is 14.7 Å². The number of ether oxygens (including phenoxy) is 1. The number of anilines is 1. The van der Waals surface area contributed by atoms with Gasteiger partial charge in [-0.25, -0.2) is 9.98 Å². The lowest BCUT2D eigenvalue weighted by Gasteiger charge is -2.15. The van der Waals surface area contributed by atoms with Gasteiger partial charge >= 0.3 is 6.18 Å². The maximum Gasteiger partial charge on any atom is 0.435 e. The Morgan fingerprint density at radius 2 is 2.12 bits per heavy atom. The van der Waals surface area contributed by atoms with E-state index in [0.717, 1.165) is 7.11 Å². The number of pyridine rings is 1. The molecule has 1 heterocycles. The Labute approximate surface area is 95.3 Å². The van der Waals surface area contributed by atoms with Gasteiger partial charge in [0.1, 0.15) is 17.3 Å². The quantitative estimate of drug-likeness (QED) is 0.614. The van der Waals surface area contributed by atoms with Gasteiger partial charge < -0.3 is 16.2 Å². The molecule has 0 aliphatic heterocycles. The summed E-state index contributed by atoms with van der Waals surface area (Å²) in [5.41, 5.74) is 10.8. The summed E-state index contributed by atoms with van der Waals surface area (Å²) in [6.07, 6.45) is -6.94. The number of nitrogen functional groups attached to an aromatic ring is 1. The van der Waals surface area contributed by atoms with Gasteiger partial charge in [0.2, 0.25) is 6.23 Å². The molecule has 0 saturated heterocycles. The van der Waals surface area contributed by atoms with E-state index >= 15 is 0 Å². The number of aliphatic imine (C=N–C) groups is 1. The molecule has 0 spiro atoms. The van der Waals surface area contributed by atoms with Crippen LogP contribution in [-0.2, 0) is 4.74 Å². The molecule has 1 rings (SSSR count). The lowest BCUT2D eigenvalue weighted by Crippen LogP contribution is -2.32. The first kappa shape index (κ1) is 13.2. The number of alkyl halides is 3. The topological polar surface area (TPSA) is 86.5 Å². The van der Waals surface area contributed by atoms with Gasteiger partial charge in [-0.2, -0.15) is 13.2 Å². The lowest BCUT2D eigenvalue weighted by molar-refractivity contribution is -0.209. The molecule has 0 amide bonds. The number of nitrogens with zero attached hydrogens (tertiary/aromatic N) is 2. The first-order valence-corrected chi connectivity index (χ1v) is 4.50. The fourth-order valence-corrected chi connectivity index (χ4v) is 1.05. The molecule has 8 heteroatoms. The minimum absolute atomic E-state index is 0.0660. The minimum Gasteiger partial charge on any atom is -0.384 e. The highest BCUT2D eigenvalue weighted by Crippen LogP contribution is 2.23. The molecule has 0 aliphatic carbocycles. The van der Waals surface area contributed by atoms with Crippen LogP contribution in [0.4, 0.5) is 19.0 Å². The van der Waals surface area contributed by atoms with Crippen molar-refractivity contribution in [3.8, 4) is 0 Å². The van der Waals surface area contributed by atoms with E-state index in [4.69, 9.17) is 11.5 Å². The Hall–Kier alpha value is -1.83. The second-order valence-corrected chi connectivity index (χ2v) is 3.09. The first-order chi connectivity index (χ1) is 7.84. The number of aromatic nitrogens is 1. The fraction of sp³-hybridized carbons (Fsp3) is 0.333. The van der Waals surface area contributed by atoms with E-state index in [1.165, 1.54) is 18.2 Å². The molecule has 17 heavy (non-hydrogen) atoms. The van der Waals surface area contributed by atoms with Crippen molar-refractivity contribution >= 4 is 11.7 Å². The summed E-state index contributed by atoms with van der Waals surface area (Å²) >= 11 is 0. The van der Waals surface area contributed by atoms with Crippen LogP contribution in [0.15, 0.2) is 23.2 Å². The van der Waals surface area contributed by atoms with Crippen LogP contribution in [0, 0.1) is 0 Å². The Morgan fingerprint density at radius 1 is 1.47 bits per heavy atom. The molecule has 4 N–H and O–H groups in total. The molecule has 0 bridgehead atoms. The van der Waals surface area contributed by atoms with E-state index in [0.29, 0.717) is 0 Å². The third-order valence-electron chi connectivity index (χ3n) is 1.79. The summed E-state index contributed by atoms with van der Waals surface area (Å²) in [4.78, 5) is 6.95. The maximum absolute atomic E-state index is 12.3. The van der Waals surface area contributed by atoms with Gasteiger partial charge in [-0.3, -0.25) is 0 Å². The lowest BCUT2D eigenvalue weighted by atomic mass is 10.3. The second-order valence-electron chi connectivity index (χ2n) is 3.09. The zero-order valence-corrected chi connectivity index (χ0v) is 8.90. The number of rotatable bonds is 3. The van der Waals surface area contributed by atoms with Gasteiger partial charge in [0.25, 0.3) is 0 Å². The minimum atomic E-state index is -4.63. The predicted molar refractivity (Wildman–Crippen MR) is 56.2 cm³/mol. The monoisotopic (exact) mass is 248 g/mol. The second kappa shape index (κ2) is 5.00.